The zero-order valence-corrected chi connectivity index (χ0v) is 9.94. The lowest BCUT2D eigenvalue weighted by atomic mass is 9.94. The van der Waals surface area contributed by atoms with Gasteiger partial charge in [-0.15, -0.1) is 0 Å². The molecule has 1 aliphatic carbocycles. The molecule has 0 aliphatic heterocycles. The number of hydrogen-bond donors (Lipinski definition) is 1. The Labute approximate surface area is 101 Å². The van der Waals surface area contributed by atoms with Crippen molar-refractivity contribution >= 4 is 11.0 Å². The fraction of sp³-hybridized carbons (Fsp3) is 0.357. The zero-order valence-electron chi connectivity index (χ0n) is 9.94. The molecule has 2 aromatic rings. The van der Waals surface area contributed by atoms with Crippen molar-refractivity contribution in [3.8, 4) is 5.75 Å². The van der Waals surface area contributed by atoms with E-state index in [-0.39, 0.29) is 0 Å². The molecule has 1 aromatic carbocycles. The summed E-state index contributed by atoms with van der Waals surface area (Å²) in [5.74, 6) is 2.52. The summed E-state index contributed by atoms with van der Waals surface area (Å²) < 4.78 is 5.22. The molecular formula is C14H16N2O. The van der Waals surface area contributed by atoms with E-state index in [4.69, 9.17) is 4.74 Å². The molecule has 0 bridgehead atoms. The number of allylic oxidation sites excluding steroid dienone is 2. The van der Waals surface area contributed by atoms with E-state index in [1.807, 2.05) is 18.2 Å². The average Bonchev–Trinajstić information content (AvgIpc) is 2.82. The van der Waals surface area contributed by atoms with Crippen molar-refractivity contribution < 1.29 is 4.74 Å². The first-order valence-corrected chi connectivity index (χ1v) is 6.05. The Morgan fingerprint density at radius 3 is 3.06 bits per heavy atom. The Hall–Kier alpha value is -1.77. The van der Waals surface area contributed by atoms with Gasteiger partial charge >= 0.3 is 0 Å². The molecule has 3 heteroatoms. The van der Waals surface area contributed by atoms with Crippen LogP contribution in [0.15, 0.2) is 30.4 Å². The number of rotatable bonds is 2. The molecule has 0 saturated carbocycles. The van der Waals surface area contributed by atoms with Crippen molar-refractivity contribution in [2.75, 3.05) is 7.11 Å². The van der Waals surface area contributed by atoms with Crippen molar-refractivity contribution in [2.24, 2.45) is 0 Å². The molecule has 0 saturated heterocycles. The number of aromatic nitrogens is 2. The number of nitrogens with one attached hydrogen (secondary N) is 1. The minimum absolute atomic E-state index is 0.540. The average molecular weight is 228 g/mol. The van der Waals surface area contributed by atoms with Crippen LogP contribution in [-0.2, 0) is 0 Å². The van der Waals surface area contributed by atoms with E-state index in [2.05, 4.69) is 22.1 Å². The lowest BCUT2D eigenvalue weighted by Crippen LogP contribution is -2.02. The van der Waals surface area contributed by atoms with Crippen LogP contribution >= 0.6 is 0 Å². The molecule has 1 heterocycles. The van der Waals surface area contributed by atoms with Crippen LogP contribution in [0.3, 0.4) is 0 Å². The van der Waals surface area contributed by atoms with Gasteiger partial charge in [0.15, 0.2) is 0 Å². The third kappa shape index (κ3) is 1.93. The fourth-order valence-electron chi connectivity index (χ4n) is 2.37. The molecule has 0 spiro atoms. The second-order valence-electron chi connectivity index (χ2n) is 4.49. The van der Waals surface area contributed by atoms with Gasteiger partial charge in [0, 0.05) is 12.0 Å². The van der Waals surface area contributed by atoms with E-state index in [0.29, 0.717) is 5.92 Å². The fourth-order valence-corrected chi connectivity index (χ4v) is 2.37. The van der Waals surface area contributed by atoms with Crippen molar-refractivity contribution in [2.45, 2.75) is 25.2 Å². The molecule has 1 unspecified atom stereocenters. The van der Waals surface area contributed by atoms with E-state index in [1.54, 1.807) is 7.11 Å². The first-order valence-electron chi connectivity index (χ1n) is 6.05. The highest BCUT2D eigenvalue weighted by Crippen LogP contribution is 2.29. The van der Waals surface area contributed by atoms with Crippen LogP contribution in [-0.4, -0.2) is 17.1 Å². The van der Waals surface area contributed by atoms with Gasteiger partial charge < -0.3 is 9.72 Å². The first kappa shape index (κ1) is 10.4. The lowest BCUT2D eigenvalue weighted by molar-refractivity contribution is 0.415. The molecule has 1 N–H and O–H groups in total. The number of H-pyrrole nitrogens is 1. The minimum Gasteiger partial charge on any atom is -0.497 e. The molecule has 0 amide bonds. The van der Waals surface area contributed by atoms with Crippen LogP contribution in [0.4, 0.5) is 0 Å². The monoisotopic (exact) mass is 228 g/mol. The largest absolute Gasteiger partial charge is 0.497 e. The molecule has 0 radical (unpaired) electrons. The molecule has 17 heavy (non-hydrogen) atoms. The molecule has 1 atom stereocenters. The number of aromatic amines is 1. The lowest BCUT2D eigenvalue weighted by Gasteiger charge is -2.14. The van der Waals surface area contributed by atoms with Crippen LogP contribution in [0, 0.1) is 0 Å². The van der Waals surface area contributed by atoms with Crippen LogP contribution in [0.2, 0.25) is 0 Å². The Bertz CT molecular complexity index is 556. The Morgan fingerprint density at radius 2 is 2.29 bits per heavy atom. The molecule has 3 rings (SSSR count). The number of nitrogens with zero attached hydrogens (tertiary/aromatic N) is 1. The molecule has 1 aliphatic rings. The number of methoxy groups -OCH3 is 1. The van der Waals surface area contributed by atoms with Gasteiger partial charge in [-0.1, -0.05) is 12.2 Å². The standard InChI is InChI=1S/C14H16N2O/c1-17-11-7-8-12-13(9-11)16-14(15-12)10-5-3-2-4-6-10/h2-3,7-10H,4-6H2,1H3,(H,15,16). The Balaban J connectivity index is 1.98. The summed E-state index contributed by atoms with van der Waals surface area (Å²) >= 11 is 0. The van der Waals surface area contributed by atoms with Crippen LogP contribution in [0.25, 0.3) is 11.0 Å². The maximum atomic E-state index is 5.22. The summed E-state index contributed by atoms with van der Waals surface area (Å²) in [7, 11) is 1.68. The maximum absolute atomic E-state index is 5.22. The van der Waals surface area contributed by atoms with E-state index in [9.17, 15) is 0 Å². The summed E-state index contributed by atoms with van der Waals surface area (Å²) in [6, 6.07) is 5.96. The summed E-state index contributed by atoms with van der Waals surface area (Å²) in [6.45, 7) is 0. The van der Waals surface area contributed by atoms with Gasteiger partial charge in [-0.3, -0.25) is 0 Å². The highest BCUT2D eigenvalue weighted by atomic mass is 16.5. The second-order valence-corrected chi connectivity index (χ2v) is 4.49. The molecular weight excluding hydrogens is 212 g/mol. The normalized spacial score (nSPS) is 19.7. The Morgan fingerprint density at radius 1 is 1.35 bits per heavy atom. The van der Waals surface area contributed by atoms with E-state index < -0.39 is 0 Å². The van der Waals surface area contributed by atoms with Crippen molar-refractivity contribution in [3.63, 3.8) is 0 Å². The number of imidazole rings is 1. The third-order valence-corrected chi connectivity index (χ3v) is 3.36. The predicted octanol–water partition coefficient (Wildman–Crippen LogP) is 3.40. The first-order chi connectivity index (χ1) is 8.36. The molecule has 88 valence electrons. The molecule has 3 nitrogen and oxygen atoms in total. The van der Waals surface area contributed by atoms with E-state index in [1.165, 1.54) is 6.42 Å². The van der Waals surface area contributed by atoms with Crippen molar-refractivity contribution in [1.82, 2.24) is 9.97 Å². The number of benzene rings is 1. The molecule has 1 aromatic heterocycles. The highest BCUT2D eigenvalue weighted by Gasteiger charge is 2.16. The van der Waals surface area contributed by atoms with Gasteiger partial charge in [0.05, 0.1) is 18.1 Å². The van der Waals surface area contributed by atoms with Crippen molar-refractivity contribution in [1.29, 1.82) is 0 Å². The van der Waals surface area contributed by atoms with Crippen LogP contribution in [0.1, 0.15) is 31.0 Å². The van der Waals surface area contributed by atoms with Gasteiger partial charge in [-0.05, 0) is 31.4 Å². The summed E-state index contributed by atoms with van der Waals surface area (Å²) in [6.07, 6.45) is 7.94. The SMILES string of the molecule is COc1ccc2nc(C3CC=CCC3)[nH]c2c1. The van der Waals surface area contributed by atoms with E-state index >= 15 is 0 Å². The van der Waals surface area contributed by atoms with Crippen LogP contribution in [0.5, 0.6) is 5.75 Å². The molecule has 0 fully saturated rings. The third-order valence-electron chi connectivity index (χ3n) is 3.36. The summed E-state index contributed by atoms with van der Waals surface area (Å²) in [5.41, 5.74) is 2.09. The minimum atomic E-state index is 0.540. The topological polar surface area (TPSA) is 37.9 Å². The quantitative estimate of drug-likeness (QED) is 0.800. The van der Waals surface area contributed by atoms with Gasteiger partial charge in [0.1, 0.15) is 11.6 Å². The maximum Gasteiger partial charge on any atom is 0.121 e. The smallest absolute Gasteiger partial charge is 0.121 e. The van der Waals surface area contributed by atoms with Gasteiger partial charge in [-0.2, -0.15) is 0 Å². The summed E-state index contributed by atoms with van der Waals surface area (Å²) in [5, 5.41) is 0. The second kappa shape index (κ2) is 4.24. The number of fused-ring (bicyclic) bond motifs is 1. The van der Waals surface area contributed by atoms with E-state index in [0.717, 1.165) is 35.4 Å². The number of hydrogen-bond acceptors (Lipinski definition) is 2. The number of ether oxygens (including phenoxy) is 1. The van der Waals surface area contributed by atoms with Crippen molar-refractivity contribution in [3.05, 3.63) is 36.2 Å². The van der Waals surface area contributed by atoms with Gasteiger partial charge in [-0.25, -0.2) is 4.98 Å². The zero-order chi connectivity index (χ0) is 11.7. The van der Waals surface area contributed by atoms with Gasteiger partial charge in [0.25, 0.3) is 0 Å². The Kier molecular flexibility index (Phi) is 2.59. The van der Waals surface area contributed by atoms with Crippen LogP contribution < -0.4 is 4.74 Å². The highest BCUT2D eigenvalue weighted by molar-refractivity contribution is 5.76. The van der Waals surface area contributed by atoms with Gasteiger partial charge in [0.2, 0.25) is 0 Å². The summed E-state index contributed by atoms with van der Waals surface area (Å²) in [4.78, 5) is 8.08. The predicted molar refractivity (Wildman–Crippen MR) is 68.4 cm³/mol.